The van der Waals surface area contributed by atoms with Gasteiger partial charge in [0.25, 0.3) is 0 Å². The lowest BCUT2D eigenvalue weighted by Crippen LogP contribution is -2.46. The highest BCUT2D eigenvalue weighted by Gasteiger charge is 2.21. The highest BCUT2D eigenvalue weighted by molar-refractivity contribution is 14.0. The Kier molecular flexibility index (Phi) is 11.1. The number of aryl methyl sites for hydroxylation is 1. The standard InChI is InChI=1S/C19H31N3O2.HI/c1-16-5-7-17(8-6-16)15-21-19(20-2)22-11-9-18(10-12-22)24-14-4-13-23-3;/h5-8,18H,4,9-15H2,1-3H3,(H,20,21);1H. The first kappa shape index (κ1) is 22.2. The molecule has 2 rings (SSSR count). The van der Waals surface area contributed by atoms with Crippen LogP contribution in [0.15, 0.2) is 29.3 Å². The maximum absolute atomic E-state index is 5.92. The van der Waals surface area contributed by atoms with E-state index in [1.54, 1.807) is 7.11 Å². The number of rotatable bonds is 7. The molecule has 1 N–H and O–H groups in total. The summed E-state index contributed by atoms with van der Waals surface area (Å²) in [5.41, 5.74) is 2.56. The molecule has 1 saturated heterocycles. The minimum atomic E-state index is 0. The Labute approximate surface area is 169 Å². The lowest BCUT2D eigenvalue weighted by molar-refractivity contribution is 0.00990. The number of nitrogens with one attached hydrogen (secondary N) is 1. The molecule has 1 aliphatic heterocycles. The second-order valence-corrected chi connectivity index (χ2v) is 6.29. The Bertz CT molecular complexity index is 500. The number of benzene rings is 1. The van der Waals surface area contributed by atoms with Gasteiger partial charge in [-0.1, -0.05) is 29.8 Å². The van der Waals surface area contributed by atoms with Crippen LogP contribution < -0.4 is 5.32 Å². The normalized spacial score (nSPS) is 15.8. The molecule has 1 aromatic carbocycles. The summed E-state index contributed by atoms with van der Waals surface area (Å²) in [5, 5.41) is 3.47. The molecule has 0 aliphatic carbocycles. The van der Waals surface area contributed by atoms with Crippen LogP contribution in [0.1, 0.15) is 30.4 Å². The van der Waals surface area contributed by atoms with Crippen molar-refractivity contribution < 1.29 is 9.47 Å². The van der Waals surface area contributed by atoms with Gasteiger partial charge in [-0.25, -0.2) is 0 Å². The molecular weight excluding hydrogens is 429 g/mol. The van der Waals surface area contributed by atoms with Crippen LogP contribution in [0, 0.1) is 6.92 Å². The van der Waals surface area contributed by atoms with E-state index < -0.39 is 0 Å². The van der Waals surface area contributed by atoms with E-state index in [9.17, 15) is 0 Å². The summed E-state index contributed by atoms with van der Waals surface area (Å²) in [4.78, 5) is 6.75. The van der Waals surface area contributed by atoms with Gasteiger partial charge < -0.3 is 19.7 Å². The number of halogens is 1. The molecule has 0 atom stereocenters. The third kappa shape index (κ3) is 7.92. The first-order chi connectivity index (χ1) is 11.7. The second kappa shape index (κ2) is 12.5. The first-order valence-corrected chi connectivity index (χ1v) is 8.84. The van der Waals surface area contributed by atoms with Gasteiger partial charge in [0.2, 0.25) is 0 Å². The van der Waals surface area contributed by atoms with Crippen LogP contribution in [0.4, 0.5) is 0 Å². The minimum absolute atomic E-state index is 0. The van der Waals surface area contributed by atoms with Crippen molar-refractivity contribution in [1.82, 2.24) is 10.2 Å². The van der Waals surface area contributed by atoms with Crippen molar-refractivity contribution in [3.05, 3.63) is 35.4 Å². The van der Waals surface area contributed by atoms with Crippen molar-refractivity contribution >= 4 is 29.9 Å². The Morgan fingerprint density at radius 2 is 1.88 bits per heavy atom. The van der Waals surface area contributed by atoms with Crippen LogP contribution in [-0.2, 0) is 16.0 Å². The zero-order valence-electron chi connectivity index (χ0n) is 15.7. The molecule has 142 valence electrons. The fraction of sp³-hybridized carbons (Fsp3) is 0.632. The van der Waals surface area contributed by atoms with E-state index in [1.807, 2.05) is 7.05 Å². The summed E-state index contributed by atoms with van der Waals surface area (Å²) in [6.07, 6.45) is 3.45. The molecule has 6 heteroatoms. The summed E-state index contributed by atoms with van der Waals surface area (Å²) >= 11 is 0. The topological polar surface area (TPSA) is 46.1 Å². The van der Waals surface area contributed by atoms with Gasteiger partial charge in [0.1, 0.15) is 0 Å². The monoisotopic (exact) mass is 461 g/mol. The van der Waals surface area contributed by atoms with Gasteiger partial charge in [-0.05, 0) is 31.7 Å². The number of methoxy groups -OCH3 is 1. The van der Waals surface area contributed by atoms with E-state index in [2.05, 4.69) is 46.4 Å². The van der Waals surface area contributed by atoms with Gasteiger partial charge in [-0.3, -0.25) is 4.99 Å². The van der Waals surface area contributed by atoms with Crippen LogP contribution in [0.5, 0.6) is 0 Å². The molecule has 0 bridgehead atoms. The molecule has 25 heavy (non-hydrogen) atoms. The number of hydrogen-bond donors (Lipinski definition) is 1. The number of hydrogen-bond acceptors (Lipinski definition) is 3. The Morgan fingerprint density at radius 1 is 1.20 bits per heavy atom. The third-order valence-electron chi connectivity index (χ3n) is 4.37. The van der Waals surface area contributed by atoms with E-state index in [-0.39, 0.29) is 24.0 Å². The molecule has 0 unspecified atom stereocenters. The number of likely N-dealkylation sites (tertiary alicyclic amines) is 1. The molecule has 0 amide bonds. The van der Waals surface area contributed by atoms with Gasteiger partial charge >= 0.3 is 0 Å². The molecule has 1 aliphatic rings. The average Bonchev–Trinajstić information content (AvgIpc) is 2.62. The van der Waals surface area contributed by atoms with Crippen LogP contribution in [0.2, 0.25) is 0 Å². The molecule has 0 spiro atoms. The quantitative estimate of drug-likeness (QED) is 0.293. The summed E-state index contributed by atoms with van der Waals surface area (Å²) < 4.78 is 11.0. The highest BCUT2D eigenvalue weighted by Crippen LogP contribution is 2.14. The van der Waals surface area contributed by atoms with E-state index in [1.165, 1.54) is 11.1 Å². The van der Waals surface area contributed by atoms with Gasteiger partial charge in [0, 0.05) is 47.0 Å². The maximum atomic E-state index is 5.92. The van der Waals surface area contributed by atoms with Gasteiger partial charge in [-0.2, -0.15) is 0 Å². The summed E-state index contributed by atoms with van der Waals surface area (Å²) in [6.45, 7) is 6.45. The Hall–Kier alpha value is -0.860. The van der Waals surface area contributed by atoms with E-state index in [0.29, 0.717) is 6.10 Å². The SMILES string of the molecule is CN=C(NCc1ccc(C)cc1)N1CCC(OCCCOC)CC1.I. The number of piperidine rings is 1. The molecule has 1 heterocycles. The summed E-state index contributed by atoms with van der Waals surface area (Å²) in [5.74, 6) is 0.980. The number of nitrogens with zero attached hydrogens (tertiary/aromatic N) is 2. The van der Waals surface area contributed by atoms with Crippen LogP contribution in [0.3, 0.4) is 0 Å². The zero-order valence-corrected chi connectivity index (χ0v) is 18.0. The largest absolute Gasteiger partial charge is 0.385 e. The molecule has 0 saturated carbocycles. The van der Waals surface area contributed by atoms with Crippen molar-refractivity contribution in [3.63, 3.8) is 0 Å². The molecule has 0 aromatic heterocycles. The van der Waals surface area contributed by atoms with Gasteiger partial charge in [0.05, 0.1) is 6.10 Å². The van der Waals surface area contributed by atoms with Crippen LogP contribution in [-0.4, -0.2) is 57.4 Å². The second-order valence-electron chi connectivity index (χ2n) is 6.29. The van der Waals surface area contributed by atoms with Gasteiger partial charge in [0.15, 0.2) is 5.96 Å². The lowest BCUT2D eigenvalue weighted by atomic mass is 10.1. The zero-order chi connectivity index (χ0) is 17.2. The predicted octanol–water partition coefficient (Wildman–Crippen LogP) is 3.21. The third-order valence-corrected chi connectivity index (χ3v) is 4.37. The molecular formula is C19H32IN3O2. The number of guanidine groups is 1. The molecule has 0 radical (unpaired) electrons. The average molecular weight is 461 g/mol. The number of aliphatic imine (C=N–C) groups is 1. The Balaban J connectivity index is 0.00000312. The van der Waals surface area contributed by atoms with E-state index in [0.717, 1.165) is 58.1 Å². The Morgan fingerprint density at radius 3 is 2.48 bits per heavy atom. The minimum Gasteiger partial charge on any atom is -0.385 e. The molecule has 1 fully saturated rings. The fourth-order valence-electron chi connectivity index (χ4n) is 2.91. The maximum Gasteiger partial charge on any atom is 0.193 e. The van der Waals surface area contributed by atoms with Crippen LogP contribution >= 0.6 is 24.0 Å². The first-order valence-electron chi connectivity index (χ1n) is 8.84. The predicted molar refractivity (Wildman–Crippen MR) is 114 cm³/mol. The number of ether oxygens (including phenoxy) is 2. The van der Waals surface area contributed by atoms with Crippen molar-refractivity contribution in [3.8, 4) is 0 Å². The van der Waals surface area contributed by atoms with Crippen molar-refractivity contribution in [2.45, 2.75) is 38.8 Å². The fourth-order valence-corrected chi connectivity index (χ4v) is 2.91. The van der Waals surface area contributed by atoms with E-state index in [4.69, 9.17) is 9.47 Å². The summed E-state index contributed by atoms with van der Waals surface area (Å²) in [7, 11) is 3.58. The lowest BCUT2D eigenvalue weighted by Gasteiger charge is -2.34. The highest BCUT2D eigenvalue weighted by atomic mass is 127. The van der Waals surface area contributed by atoms with E-state index >= 15 is 0 Å². The summed E-state index contributed by atoms with van der Waals surface area (Å²) in [6, 6.07) is 8.61. The van der Waals surface area contributed by atoms with Crippen molar-refractivity contribution in [2.24, 2.45) is 4.99 Å². The molecule has 1 aromatic rings. The molecule has 5 nitrogen and oxygen atoms in total. The van der Waals surface area contributed by atoms with Crippen molar-refractivity contribution in [2.75, 3.05) is 40.5 Å². The van der Waals surface area contributed by atoms with Crippen LogP contribution in [0.25, 0.3) is 0 Å². The smallest absolute Gasteiger partial charge is 0.193 e. The van der Waals surface area contributed by atoms with Crippen molar-refractivity contribution in [1.29, 1.82) is 0 Å². The van der Waals surface area contributed by atoms with Gasteiger partial charge in [-0.15, -0.1) is 24.0 Å².